The lowest BCUT2D eigenvalue weighted by Crippen LogP contribution is -2.28. The quantitative estimate of drug-likeness (QED) is 0.829. The highest BCUT2D eigenvalue weighted by molar-refractivity contribution is 5.51. The van der Waals surface area contributed by atoms with Crippen molar-refractivity contribution in [2.45, 2.75) is 45.6 Å². The van der Waals surface area contributed by atoms with E-state index in [1.54, 1.807) is 0 Å². The second kappa shape index (κ2) is 6.53. The van der Waals surface area contributed by atoms with Crippen LogP contribution in [0, 0.1) is 17.6 Å². The molecule has 0 spiro atoms. The minimum absolute atomic E-state index is 0.0992. The Labute approximate surface area is 120 Å². The molecule has 1 aromatic carbocycles. The van der Waals surface area contributed by atoms with Gasteiger partial charge in [-0.25, -0.2) is 8.78 Å². The molecule has 0 heterocycles. The van der Waals surface area contributed by atoms with E-state index in [-0.39, 0.29) is 11.7 Å². The van der Waals surface area contributed by atoms with Gasteiger partial charge in [0.2, 0.25) is 0 Å². The molecule has 1 aromatic rings. The van der Waals surface area contributed by atoms with Gasteiger partial charge in [-0.2, -0.15) is 0 Å². The van der Waals surface area contributed by atoms with Gasteiger partial charge in [-0.15, -0.1) is 0 Å². The number of benzene rings is 1. The highest BCUT2D eigenvalue weighted by Crippen LogP contribution is 2.33. The highest BCUT2D eigenvalue weighted by Gasteiger charge is 2.27. The fraction of sp³-hybridized carbons (Fsp3) is 0.625. The number of hydrogen-bond acceptors (Lipinski definition) is 2. The number of anilines is 1. The van der Waals surface area contributed by atoms with Crippen molar-refractivity contribution in [3.8, 4) is 0 Å². The summed E-state index contributed by atoms with van der Waals surface area (Å²) in [7, 11) is 0. The summed E-state index contributed by atoms with van der Waals surface area (Å²) >= 11 is 0. The molecule has 1 unspecified atom stereocenters. The lowest BCUT2D eigenvalue weighted by Gasteiger charge is -2.25. The van der Waals surface area contributed by atoms with E-state index in [2.05, 4.69) is 0 Å². The SMILES string of the molecule is CCCN(CC1CC1)c1c(F)cc(CC(C)N)cc1F. The maximum Gasteiger partial charge on any atom is 0.149 e. The third kappa shape index (κ3) is 3.92. The number of nitrogens with zero attached hydrogens (tertiary/aromatic N) is 1. The average Bonchev–Trinajstić information content (AvgIpc) is 3.11. The van der Waals surface area contributed by atoms with Gasteiger partial charge in [0.1, 0.15) is 17.3 Å². The molecule has 0 radical (unpaired) electrons. The van der Waals surface area contributed by atoms with E-state index in [0.717, 1.165) is 13.0 Å². The predicted molar refractivity (Wildman–Crippen MR) is 78.9 cm³/mol. The molecule has 0 aliphatic heterocycles. The minimum atomic E-state index is -0.463. The van der Waals surface area contributed by atoms with Crippen LogP contribution in [0.15, 0.2) is 12.1 Å². The van der Waals surface area contributed by atoms with Crippen LogP contribution in [0.4, 0.5) is 14.5 Å². The zero-order chi connectivity index (χ0) is 14.7. The Bertz CT molecular complexity index is 433. The van der Waals surface area contributed by atoms with Crippen LogP contribution in [-0.4, -0.2) is 19.1 Å². The molecule has 0 bridgehead atoms. The molecular weight excluding hydrogens is 258 g/mol. The second-order valence-corrected chi connectivity index (χ2v) is 5.98. The van der Waals surface area contributed by atoms with Crippen molar-refractivity contribution in [1.82, 2.24) is 0 Å². The monoisotopic (exact) mass is 282 g/mol. The van der Waals surface area contributed by atoms with Gasteiger partial charge in [-0.05, 0) is 56.2 Å². The summed E-state index contributed by atoms with van der Waals surface area (Å²) in [6, 6.07) is 2.76. The lowest BCUT2D eigenvalue weighted by atomic mass is 10.1. The van der Waals surface area contributed by atoms with Crippen LogP contribution in [0.25, 0.3) is 0 Å². The molecule has 1 saturated carbocycles. The van der Waals surface area contributed by atoms with E-state index in [4.69, 9.17) is 5.73 Å². The molecule has 2 nitrogen and oxygen atoms in total. The van der Waals surface area contributed by atoms with Crippen molar-refractivity contribution in [3.63, 3.8) is 0 Å². The normalized spacial score (nSPS) is 16.2. The first-order chi connectivity index (χ1) is 9.51. The van der Waals surface area contributed by atoms with Gasteiger partial charge in [0.15, 0.2) is 0 Å². The molecule has 1 aliphatic carbocycles. The lowest BCUT2D eigenvalue weighted by molar-refractivity contribution is 0.558. The third-order valence-corrected chi connectivity index (χ3v) is 3.62. The largest absolute Gasteiger partial charge is 0.367 e. The molecule has 2 rings (SSSR count). The maximum absolute atomic E-state index is 14.3. The summed E-state index contributed by atoms with van der Waals surface area (Å²) in [4.78, 5) is 1.86. The summed E-state index contributed by atoms with van der Waals surface area (Å²) in [5, 5.41) is 0. The van der Waals surface area contributed by atoms with Gasteiger partial charge >= 0.3 is 0 Å². The molecule has 112 valence electrons. The van der Waals surface area contributed by atoms with Gasteiger partial charge in [0.25, 0.3) is 0 Å². The van der Waals surface area contributed by atoms with Gasteiger partial charge in [0, 0.05) is 19.1 Å². The molecular formula is C16H24F2N2. The minimum Gasteiger partial charge on any atom is -0.367 e. The van der Waals surface area contributed by atoms with Crippen molar-refractivity contribution in [3.05, 3.63) is 29.3 Å². The second-order valence-electron chi connectivity index (χ2n) is 5.98. The average molecular weight is 282 g/mol. The van der Waals surface area contributed by atoms with Gasteiger partial charge in [-0.1, -0.05) is 6.92 Å². The fourth-order valence-corrected chi connectivity index (χ4v) is 2.59. The Morgan fingerprint density at radius 1 is 1.30 bits per heavy atom. The zero-order valence-corrected chi connectivity index (χ0v) is 12.3. The Morgan fingerprint density at radius 3 is 2.35 bits per heavy atom. The molecule has 0 amide bonds. The maximum atomic E-state index is 14.3. The van der Waals surface area contributed by atoms with Crippen LogP contribution < -0.4 is 10.6 Å². The molecule has 1 aliphatic rings. The number of rotatable bonds is 7. The van der Waals surface area contributed by atoms with Gasteiger partial charge < -0.3 is 10.6 Å². The van der Waals surface area contributed by atoms with Crippen LogP contribution in [0.5, 0.6) is 0 Å². The number of halogens is 2. The van der Waals surface area contributed by atoms with Crippen LogP contribution in [0.2, 0.25) is 0 Å². The fourth-order valence-electron chi connectivity index (χ4n) is 2.59. The Kier molecular flexibility index (Phi) is 4.97. The van der Waals surface area contributed by atoms with E-state index in [9.17, 15) is 8.78 Å². The summed E-state index contributed by atoms with van der Waals surface area (Å²) < 4.78 is 28.6. The predicted octanol–water partition coefficient (Wildman–Crippen LogP) is 3.48. The first-order valence-electron chi connectivity index (χ1n) is 7.49. The Morgan fingerprint density at radius 2 is 1.90 bits per heavy atom. The van der Waals surface area contributed by atoms with Crippen molar-refractivity contribution in [2.24, 2.45) is 11.7 Å². The Hall–Kier alpha value is -1.16. The summed E-state index contributed by atoms with van der Waals surface area (Å²) in [5.74, 6) is -0.325. The van der Waals surface area contributed by atoms with Crippen LogP contribution >= 0.6 is 0 Å². The first kappa shape index (κ1) is 15.2. The molecule has 4 heteroatoms. The smallest absolute Gasteiger partial charge is 0.149 e. The van der Waals surface area contributed by atoms with Crippen LogP contribution in [0.3, 0.4) is 0 Å². The molecule has 20 heavy (non-hydrogen) atoms. The molecule has 1 fully saturated rings. The highest BCUT2D eigenvalue weighted by atomic mass is 19.1. The van der Waals surface area contributed by atoms with E-state index in [1.807, 2.05) is 18.7 Å². The van der Waals surface area contributed by atoms with Crippen LogP contribution in [-0.2, 0) is 6.42 Å². The van der Waals surface area contributed by atoms with Crippen LogP contribution in [0.1, 0.15) is 38.7 Å². The third-order valence-electron chi connectivity index (χ3n) is 3.62. The van der Waals surface area contributed by atoms with Gasteiger partial charge in [-0.3, -0.25) is 0 Å². The molecule has 1 atom stereocenters. The molecule has 2 N–H and O–H groups in total. The Balaban J connectivity index is 2.23. The van der Waals surface area contributed by atoms with Crippen molar-refractivity contribution >= 4 is 5.69 Å². The van der Waals surface area contributed by atoms with E-state index in [0.29, 0.717) is 24.4 Å². The van der Waals surface area contributed by atoms with E-state index in [1.165, 1.54) is 25.0 Å². The number of nitrogens with two attached hydrogens (primary N) is 1. The summed E-state index contributed by atoms with van der Waals surface area (Å²) in [5.41, 5.74) is 6.45. The van der Waals surface area contributed by atoms with Crippen molar-refractivity contribution in [2.75, 3.05) is 18.0 Å². The topological polar surface area (TPSA) is 29.3 Å². The standard InChI is InChI=1S/C16H24F2N2/c1-3-6-20(10-12-4-5-12)16-14(17)8-13(7-11(2)19)9-15(16)18/h8-9,11-12H,3-7,10,19H2,1-2H3. The van der Waals surface area contributed by atoms with E-state index < -0.39 is 11.6 Å². The summed E-state index contributed by atoms with van der Waals surface area (Å²) in [6.45, 7) is 5.31. The van der Waals surface area contributed by atoms with E-state index >= 15 is 0 Å². The number of hydrogen-bond donors (Lipinski definition) is 1. The molecule has 0 saturated heterocycles. The first-order valence-corrected chi connectivity index (χ1v) is 7.49. The van der Waals surface area contributed by atoms with Gasteiger partial charge in [0.05, 0.1) is 0 Å². The van der Waals surface area contributed by atoms with Crippen molar-refractivity contribution in [1.29, 1.82) is 0 Å². The molecule has 0 aromatic heterocycles. The zero-order valence-electron chi connectivity index (χ0n) is 12.3. The van der Waals surface area contributed by atoms with Crippen molar-refractivity contribution < 1.29 is 8.78 Å². The summed E-state index contributed by atoms with van der Waals surface area (Å²) in [6.07, 6.45) is 3.72.